The van der Waals surface area contributed by atoms with Gasteiger partial charge in [0.2, 0.25) is 5.91 Å². The predicted molar refractivity (Wildman–Crippen MR) is 87.8 cm³/mol. The van der Waals surface area contributed by atoms with Crippen molar-refractivity contribution in [2.24, 2.45) is 5.73 Å². The van der Waals surface area contributed by atoms with Crippen molar-refractivity contribution >= 4 is 33.6 Å². The van der Waals surface area contributed by atoms with E-state index >= 15 is 0 Å². The number of halogens is 1. The smallest absolute Gasteiger partial charge is 0.237 e. The molecule has 3 N–H and O–H groups in total. The van der Waals surface area contributed by atoms with E-state index in [1.807, 2.05) is 19.1 Å². The Hall–Kier alpha value is -0.590. The lowest BCUT2D eigenvalue weighted by Crippen LogP contribution is -2.54. The summed E-state index contributed by atoms with van der Waals surface area (Å²) < 4.78 is 0.959. The van der Waals surface area contributed by atoms with Gasteiger partial charge in [0.1, 0.15) is 0 Å². The fraction of sp³-hybridized carbons (Fsp3) is 0.571. The Labute approximate surface area is 133 Å². The summed E-state index contributed by atoms with van der Waals surface area (Å²) >= 11 is 5.02. The van der Waals surface area contributed by atoms with Gasteiger partial charge in [-0.1, -0.05) is 13.8 Å². The van der Waals surface area contributed by atoms with E-state index in [9.17, 15) is 4.79 Å². The molecule has 0 aromatic carbocycles. The Bertz CT molecular complexity index is 441. The van der Waals surface area contributed by atoms with E-state index in [1.165, 1.54) is 0 Å². The average molecular weight is 360 g/mol. The van der Waals surface area contributed by atoms with Gasteiger partial charge in [-0.25, -0.2) is 4.98 Å². The van der Waals surface area contributed by atoms with Crippen molar-refractivity contribution in [3.8, 4) is 0 Å². The highest BCUT2D eigenvalue weighted by molar-refractivity contribution is 9.10. The largest absolute Gasteiger partial charge is 0.368 e. The minimum absolute atomic E-state index is 0.241. The van der Waals surface area contributed by atoms with Gasteiger partial charge >= 0.3 is 0 Å². The molecule has 0 fully saturated rings. The minimum Gasteiger partial charge on any atom is -0.368 e. The fourth-order valence-corrected chi connectivity index (χ4v) is 3.24. The second-order valence-corrected chi connectivity index (χ2v) is 7.44. The zero-order chi connectivity index (χ0) is 15.2. The van der Waals surface area contributed by atoms with Gasteiger partial charge in [0.25, 0.3) is 0 Å². The van der Waals surface area contributed by atoms with Crippen LogP contribution < -0.4 is 11.1 Å². The van der Waals surface area contributed by atoms with Crippen LogP contribution in [0.1, 0.15) is 33.6 Å². The number of carbonyl (C=O) groups is 1. The molecule has 0 saturated carbocycles. The van der Waals surface area contributed by atoms with E-state index in [2.05, 4.69) is 40.1 Å². The molecule has 1 heterocycles. The molecule has 0 spiro atoms. The van der Waals surface area contributed by atoms with E-state index in [0.29, 0.717) is 6.42 Å². The highest BCUT2D eigenvalue weighted by Gasteiger charge is 2.32. The number of nitrogens with one attached hydrogen (secondary N) is 1. The number of hydrogen-bond acceptors (Lipinski definition) is 4. The molecule has 0 aliphatic heterocycles. The fourth-order valence-electron chi connectivity index (χ4n) is 1.92. The lowest BCUT2D eigenvalue weighted by Gasteiger charge is -2.30. The Kier molecular flexibility index (Phi) is 6.99. The normalized spacial score (nSPS) is 15.6. The summed E-state index contributed by atoms with van der Waals surface area (Å²) in [7, 11) is 0. The van der Waals surface area contributed by atoms with Crippen LogP contribution in [0.2, 0.25) is 0 Å². The number of aromatic nitrogens is 1. The molecule has 1 aromatic heterocycles. The molecule has 0 bridgehead atoms. The molecule has 0 radical (unpaired) electrons. The van der Waals surface area contributed by atoms with Crippen molar-refractivity contribution in [1.29, 1.82) is 0 Å². The van der Waals surface area contributed by atoms with Crippen LogP contribution in [0, 0.1) is 0 Å². The number of carbonyl (C=O) groups excluding carboxylic acids is 1. The van der Waals surface area contributed by atoms with E-state index in [0.717, 1.165) is 22.5 Å². The van der Waals surface area contributed by atoms with Crippen LogP contribution in [0.15, 0.2) is 27.8 Å². The number of nitrogens with zero attached hydrogens (tertiary/aromatic N) is 1. The van der Waals surface area contributed by atoms with E-state index in [-0.39, 0.29) is 11.2 Å². The molecular weight excluding hydrogens is 338 g/mol. The van der Waals surface area contributed by atoms with Crippen molar-refractivity contribution in [3.63, 3.8) is 0 Å². The van der Waals surface area contributed by atoms with Gasteiger partial charge in [0.15, 0.2) is 0 Å². The van der Waals surface area contributed by atoms with E-state index in [4.69, 9.17) is 5.73 Å². The quantitative estimate of drug-likeness (QED) is 0.700. The zero-order valence-electron chi connectivity index (χ0n) is 12.1. The average Bonchev–Trinajstić information content (AvgIpc) is 2.39. The molecule has 4 nitrogen and oxygen atoms in total. The number of rotatable bonds is 8. The van der Waals surface area contributed by atoms with Crippen LogP contribution in [0.5, 0.6) is 0 Å². The van der Waals surface area contributed by atoms with Gasteiger partial charge in [-0.3, -0.25) is 4.79 Å². The van der Waals surface area contributed by atoms with Crippen LogP contribution in [-0.2, 0) is 4.79 Å². The number of hydrogen-bond donors (Lipinski definition) is 2. The Morgan fingerprint density at radius 3 is 2.80 bits per heavy atom. The van der Waals surface area contributed by atoms with E-state index in [1.54, 1.807) is 18.0 Å². The van der Waals surface area contributed by atoms with Gasteiger partial charge in [0, 0.05) is 15.9 Å². The lowest BCUT2D eigenvalue weighted by molar-refractivity contribution is -0.124. The second kappa shape index (κ2) is 8.00. The van der Waals surface area contributed by atoms with Gasteiger partial charge < -0.3 is 11.1 Å². The number of primary amides is 1. The SMILES string of the molecule is CCCNC(C)(CC(C)Sc1ccc(Br)cn1)C(N)=O. The summed E-state index contributed by atoms with van der Waals surface area (Å²) in [5.41, 5.74) is 4.87. The van der Waals surface area contributed by atoms with Crippen LogP contribution >= 0.6 is 27.7 Å². The van der Waals surface area contributed by atoms with Crippen molar-refractivity contribution in [1.82, 2.24) is 10.3 Å². The summed E-state index contributed by atoms with van der Waals surface area (Å²) in [4.78, 5) is 16.0. The summed E-state index contributed by atoms with van der Waals surface area (Å²) in [5, 5.41) is 4.44. The molecule has 1 aromatic rings. The van der Waals surface area contributed by atoms with Crippen LogP contribution in [0.4, 0.5) is 0 Å². The van der Waals surface area contributed by atoms with Crippen molar-refractivity contribution in [2.75, 3.05) is 6.54 Å². The molecule has 2 unspecified atom stereocenters. The third kappa shape index (κ3) is 5.42. The standard InChI is InChI=1S/C14H22BrN3OS/c1-4-7-18-14(3,13(16)19)8-10(2)20-12-6-5-11(15)9-17-12/h5-6,9-10,18H,4,7-8H2,1-3H3,(H2,16,19). The number of amides is 1. The maximum Gasteiger partial charge on any atom is 0.237 e. The van der Waals surface area contributed by atoms with Crippen molar-refractivity contribution < 1.29 is 4.79 Å². The Morgan fingerprint density at radius 1 is 1.60 bits per heavy atom. The highest BCUT2D eigenvalue weighted by atomic mass is 79.9. The van der Waals surface area contributed by atoms with Gasteiger partial charge in [-0.05, 0) is 54.4 Å². The Morgan fingerprint density at radius 2 is 2.30 bits per heavy atom. The van der Waals surface area contributed by atoms with Crippen LogP contribution in [0.25, 0.3) is 0 Å². The summed E-state index contributed by atoms with van der Waals surface area (Å²) in [6.07, 6.45) is 3.42. The molecule has 112 valence electrons. The van der Waals surface area contributed by atoms with Gasteiger partial charge in [0.05, 0.1) is 10.6 Å². The zero-order valence-corrected chi connectivity index (χ0v) is 14.6. The molecule has 20 heavy (non-hydrogen) atoms. The summed E-state index contributed by atoms with van der Waals surface area (Å²) in [5.74, 6) is -0.304. The molecule has 0 aliphatic rings. The first-order valence-electron chi connectivity index (χ1n) is 6.70. The first kappa shape index (κ1) is 17.5. The monoisotopic (exact) mass is 359 g/mol. The molecule has 6 heteroatoms. The first-order valence-corrected chi connectivity index (χ1v) is 8.38. The molecule has 0 saturated heterocycles. The van der Waals surface area contributed by atoms with Crippen molar-refractivity contribution in [3.05, 3.63) is 22.8 Å². The number of pyridine rings is 1. The third-order valence-electron chi connectivity index (χ3n) is 3.03. The van der Waals surface area contributed by atoms with E-state index < -0.39 is 5.54 Å². The van der Waals surface area contributed by atoms with Crippen LogP contribution in [-0.4, -0.2) is 28.2 Å². The lowest BCUT2D eigenvalue weighted by atomic mass is 9.95. The van der Waals surface area contributed by atoms with Gasteiger partial charge in [-0.15, -0.1) is 11.8 Å². The third-order valence-corrected chi connectivity index (χ3v) is 4.55. The minimum atomic E-state index is -0.669. The summed E-state index contributed by atoms with van der Waals surface area (Å²) in [6.45, 7) is 6.81. The molecular formula is C14H22BrN3OS. The van der Waals surface area contributed by atoms with Crippen LogP contribution in [0.3, 0.4) is 0 Å². The second-order valence-electron chi connectivity index (χ2n) is 5.07. The Balaban J connectivity index is 2.64. The topological polar surface area (TPSA) is 68.0 Å². The molecule has 2 atom stereocenters. The molecule has 1 rings (SSSR count). The van der Waals surface area contributed by atoms with Crippen molar-refractivity contribution in [2.45, 2.75) is 49.4 Å². The number of thioether (sulfide) groups is 1. The predicted octanol–water partition coefficient (Wildman–Crippen LogP) is 2.96. The maximum absolute atomic E-state index is 11.7. The summed E-state index contributed by atoms with van der Waals surface area (Å²) in [6, 6.07) is 3.93. The highest BCUT2D eigenvalue weighted by Crippen LogP contribution is 2.28. The molecule has 0 aliphatic carbocycles. The number of nitrogens with two attached hydrogens (primary N) is 1. The van der Waals surface area contributed by atoms with Gasteiger partial charge in [-0.2, -0.15) is 0 Å². The molecule has 1 amide bonds. The maximum atomic E-state index is 11.7. The first-order chi connectivity index (χ1) is 9.37.